The number of anilines is 2. The number of hydrogen-bond acceptors (Lipinski definition) is 9. The van der Waals surface area contributed by atoms with Crippen LogP contribution in [-0.4, -0.2) is 55.0 Å². The Morgan fingerprint density at radius 1 is 0.920 bits per heavy atom. The van der Waals surface area contributed by atoms with Gasteiger partial charge in [-0.05, 0) is 75.3 Å². The van der Waals surface area contributed by atoms with E-state index in [-0.39, 0.29) is 42.5 Å². The van der Waals surface area contributed by atoms with E-state index in [1.165, 1.54) is 35.9 Å². The van der Waals surface area contributed by atoms with Gasteiger partial charge in [-0.25, -0.2) is 45.0 Å². The summed E-state index contributed by atoms with van der Waals surface area (Å²) in [5, 5.41) is 3.34. The first-order valence-electron chi connectivity index (χ1n) is 15.5. The van der Waals surface area contributed by atoms with Gasteiger partial charge in [0.05, 0.1) is 32.8 Å². The van der Waals surface area contributed by atoms with Crippen LogP contribution in [0.15, 0.2) is 53.6 Å². The van der Waals surface area contributed by atoms with E-state index < -0.39 is 70.2 Å². The lowest BCUT2D eigenvalue weighted by atomic mass is 9.42. The van der Waals surface area contributed by atoms with Crippen LogP contribution >= 0.6 is 11.3 Å². The van der Waals surface area contributed by atoms with Crippen LogP contribution in [0.1, 0.15) is 55.5 Å². The molecule has 2 bridgehead atoms. The molecule has 4 aliphatic carbocycles. The molecule has 0 radical (unpaired) electrons. The third-order valence-corrected chi connectivity index (χ3v) is 14.0. The highest BCUT2D eigenvalue weighted by molar-refractivity contribution is 7.92. The van der Waals surface area contributed by atoms with E-state index in [0.29, 0.717) is 59.5 Å². The Kier molecular flexibility index (Phi) is 8.25. The number of aromatic nitrogens is 3. The van der Waals surface area contributed by atoms with Crippen molar-refractivity contribution in [3.8, 4) is 21.8 Å². The van der Waals surface area contributed by atoms with Crippen molar-refractivity contribution in [1.29, 1.82) is 0 Å². The topological polar surface area (TPSA) is 131 Å². The number of rotatable bonds is 9. The Labute approximate surface area is 287 Å². The third kappa shape index (κ3) is 6.23. The van der Waals surface area contributed by atoms with E-state index in [4.69, 9.17) is 4.98 Å². The van der Waals surface area contributed by atoms with Gasteiger partial charge < -0.3 is 5.32 Å². The summed E-state index contributed by atoms with van der Waals surface area (Å²) in [6.07, 6.45) is 0.289. The maximum Gasteiger partial charge on any atom is 0.417 e. The predicted molar refractivity (Wildman–Crippen MR) is 175 cm³/mol. The summed E-state index contributed by atoms with van der Waals surface area (Å²) in [6.45, 7) is 0. The van der Waals surface area contributed by atoms with Crippen LogP contribution in [0, 0.1) is 11.6 Å². The Morgan fingerprint density at radius 3 is 2.24 bits per heavy atom. The highest BCUT2D eigenvalue weighted by Gasteiger charge is 2.71. The number of thiazole rings is 1. The standard InChI is InChI=1S/C32H29F6N5O4S3/c1-49(44,45)18-10-8-17(9-11-18)40-29-39-13-12-23(41-29)26-25(42-28(48-26)30-14-31(35,15-30)16-30)19-4-2-7-22(24(19)34)43-50(46,47)27-20(32(36,37)38)5-3-6-21(27)33/h2-7,12-13,17-18,43H,8-11,14-16H2,1H3,(H,39,40,41)/t17-,18+,30?,31?. The van der Waals surface area contributed by atoms with Gasteiger partial charge in [-0.3, -0.25) is 4.72 Å². The molecule has 2 aromatic heterocycles. The highest BCUT2D eigenvalue weighted by Crippen LogP contribution is 2.70. The molecule has 0 amide bonds. The van der Waals surface area contributed by atoms with Crippen LogP contribution in [-0.2, 0) is 31.5 Å². The smallest absolute Gasteiger partial charge is 0.351 e. The third-order valence-electron chi connectivity index (χ3n) is 9.59. The van der Waals surface area contributed by atoms with Gasteiger partial charge in [0, 0.05) is 29.5 Å². The molecule has 0 atom stereocenters. The summed E-state index contributed by atoms with van der Waals surface area (Å²) >= 11 is 1.17. The first-order valence-corrected chi connectivity index (χ1v) is 19.8. The maximum absolute atomic E-state index is 16.3. The second kappa shape index (κ2) is 11.9. The normalized spacial score (nSPS) is 25.0. The minimum absolute atomic E-state index is 0.0429. The van der Waals surface area contributed by atoms with Crippen LogP contribution < -0.4 is 10.0 Å². The molecule has 2 N–H and O–H groups in total. The van der Waals surface area contributed by atoms with Crippen LogP contribution in [0.4, 0.5) is 38.0 Å². The SMILES string of the molecule is CS(=O)(=O)[C@H]1CC[C@@H](Nc2nccc(-c3sc(C45CC(F)(C4)C5)nc3-c3cccc(NS(=O)(=O)c4c(F)cccc4C(F)(F)F)c3F)n2)CC1. The number of alkyl halides is 4. The van der Waals surface area contributed by atoms with Gasteiger partial charge >= 0.3 is 6.18 Å². The van der Waals surface area contributed by atoms with Crippen molar-refractivity contribution < 1.29 is 43.2 Å². The molecule has 0 aliphatic heterocycles. The average Bonchev–Trinajstić information content (AvgIpc) is 3.44. The molecule has 50 heavy (non-hydrogen) atoms. The number of nitrogens with zero attached hydrogens (tertiary/aromatic N) is 3. The highest BCUT2D eigenvalue weighted by atomic mass is 32.2. The van der Waals surface area contributed by atoms with Gasteiger partial charge in [-0.2, -0.15) is 13.2 Å². The van der Waals surface area contributed by atoms with Crippen molar-refractivity contribution in [2.45, 2.75) is 78.4 Å². The number of nitrogens with one attached hydrogen (secondary N) is 2. The van der Waals surface area contributed by atoms with Gasteiger partial charge in [0.1, 0.15) is 31.2 Å². The first-order chi connectivity index (χ1) is 23.4. The molecule has 2 heterocycles. The van der Waals surface area contributed by atoms with Crippen molar-refractivity contribution in [2.24, 2.45) is 0 Å². The van der Waals surface area contributed by atoms with E-state index in [0.717, 1.165) is 6.07 Å². The van der Waals surface area contributed by atoms with Crippen LogP contribution in [0.5, 0.6) is 0 Å². The van der Waals surface area contributed by atoms with Crippen LogP contribution in [0.2, 0.25) is 0 Å². The predicted octanol–water partition coefficient (Wildman–Crippen LogP) is 7.28. The fraction of sp³-hybridized carbons (Fsp3) is 0.406. The van der Waals surface area contributed by atoms with Gasteiger partial charge in [-0.15, -0.1) is 11.3 Å². The van der Waals surface area contributed by atoms with Crippen molar-refractivity contribution in [1.82, 2.24) is 15.0 Å². The molecular weight excluding hydrogens is 729 g/mol. The van der Waals surface area contributed by atoms with Gasteiger partial charge in [0.15, 0.2) is 5.82 Å². The number of sulfone groups is 1. The molecule has 266 valence electrons. The lowest BCUT2D eigenvalue weighted by molar-refractivity contribution is -0.158. The number of benzene rings is 2. The van der Waals surface area contributed by atoms with Crippen molar-refractivity contribution >= 4 is 42.8 Å². The second-order valence-electron chi connectivity index (χ2n) is 13.3. The summed E-state index contributed by atoms with van der Waals surface area (Å²) < 4.78 is 138. The molecule has 8 rings (SSSR count). The van der Waals surface area contributed by atoms with E-state index in [2.05, 4.69) is 15.3 Å². The van der Waals surface area contributed by atoms with Crippen molar-refractivity contribution in [3.05, 3.63) is 70.9 Å². The summed E-state index contributed by atoms with van der Waals surface area (Å²) in [5.74, 6) is -2.63. The fourth-order valence-electron chi connectivity index (χ4n) is 7.16. The second-order valence-corrected chi connectivity index (χ2v) is 18.2. The monoisotopic (exact) mass is 757 g/mol. The Hall–Kier alpha value is -3.77. The Balaban J connectivity index is 1.24. The van der Waals surface area contributed by atoms with Crippen molar-refractivity contribution in [2.75, 3.05) is 16.3 Å². The molecule has 2 aromatic carbocycles. The summed E-state index contributed by atoms with van der Waals surface area (Å²) in [6, 6.07) is 6.69. The number of halogens is 6. The number of sulfonamides is 1. The molecule has 0 unspecified atom stereocenters. The maximum atomic E-state index is 16.3. The van der Waals surface area contributed by atoms with E-state index in [1.807, 2.05) is 0 Å². The lowest BCUT2D eigenvalue weighted by Crippen LogP contribution is -2.67. The zero-order valence-electron chi connectivity index (χ0n) is 26.2. The Morgan fingerprint density at radius 2 is 1.60 bits per heavy atom. The zero-order valence-corrected chi connectivity index (χ0v) is 28.6. The molecular formula is C32H29F6N5O4S3. The van der Waals surface area contributed by atoms with E-state index in [9.17, 15) is 38.8 Å². The lowest BCUT2D eigenvalue weighted by Gasteiger charge is -2.64. The summed E-state index contributed by atoms with van der Waals surface area (Å²) in [5.41, 5.74) is -4.19. The quantitative estimate of drug-likeness (QED) is 0.171. The molecule has 0 spiro atoms. The minimum atomic E-state index is -5.29. The van der Waals surface area contributed by atoms with Gasteiger partial charge in [0.25, 0.3) is 10.0 Å². The molecule has 4 aliphatic rings. The van der Waals surface area contributed by atoms with E-state index >= 15 is 4.39 Å². The molecule has 4 aromatic rings. The first kappa shape index (κ1) is 34.7. The largest absolute Gasteiger partial charge is 0.417 e. The fourth-order valence-corrected chi connectivity index (χ4v) is 10.9. The minimum Gasteiger partial charge on any atom is -0.351 e. The van der Waals surface area contributed by atoms with Crippen LogP contribution in [0.3, 0.4) is 0 Å². The summed E-state index contributed by atoms with van der Waals surface area (Å²) in [7, 11) is -8.46. The zero-order chi connectivity index (χ0) is 35.9. The molecule has 18 heteroatoms. The average molecular weight is 758 g/mol. The van der Waals surface area contributed by atoms with Gasteiger partial charge in [-0.1, -0.05) is 12.1 Å². The summed E-state index contributed by atoms with van der Waals surface area (Å²) in [4.78, 5) is 12.3. The van der Waals surface area contributed by atoms with Gasteiger partial charge in [0.2, 0.25) is 5.95 Å². The Bertz CT molecular complexity index is 2200. The van der Waals surface area contributed by atoms with Crippen LogP contribution in [0.25, 0.3) is 21.8 Å². The molecule has 0 saturated heterocycles. The molecule has 4 saturated carbocycles. The number of hydrogen-bond donors (Lipinski definition) is 2. The molecule has 4 fully saturated rings. The van der Waals surface area contributed by atoms with Crippen molar-refractivity contribution in [3.63, 3.8) is 0 Å². The van der Waals surface area contributed by atoms with E-state index in [1.54, 1.807) is 10.8 Å². The molecule has 9 nitrogen and oxygen atoms in total.